The Labute approximate surface area is 119 Å². The van der Waals surface area contributed by atoms with Gasteiger partial charge in [-0.25, -0.2) is 0 Å². The first-order chi connectivity index (χ1) is 9.65. The molecule has 20 heavy (non-hydrogen) atoms. The van der Waals surface area contributed by atoms with Crippen LogP contribution in [0.15, 0.2) is 18.2 Å². The third-order valence-electron chi connectivity index (χ3n) is 4.20. The molecule has 1 aromatic rings. The second-order valence-corrected chi connectivity index (χ2v) is 5.79. The fourth-order valence-corrected chi connectivity index (χ4v) is 3.11. The topological polar surface area (TPSA) is 38.8 Å². The normalized spacial score (nSPS) is 25.7. The van der Waals surface area contributed by atoms with Crippen LogP contribution >= 0.6 is 0 Å². The molecule has 3 rings (SSSR count). The summed E-state index contributed by atoms with van der Waals surface area (Å²) in [6.07, 6.45) is 2.49. The summed E-state index contributed by atoms with van der Waals surface area (Å²) in [6, 6.07) is 5.89. The largest absolute Gasteiger partial charge is 0.425 e. The van der Waals surface area contributed by atoms with Crippen molar-refractivity contribution in [3.05, 3.63) is 29.3 Å². The lowest BCUT2D eigenvalue weighted by Gasteiger charge is -2.49. The summed E-state index contributed by atoms with van der Waals surface area (Å²) in [4.78, 5) is 14.1. The van der Waals surface area contributed by atoms with Gasteiger partial charge in [0.1, 0.15) is 12.0 Å². The van der Waals surface area contributed by atoms with Gasteiger partial charge in [0.15, 0.2) is 0 Å². The SMILES string of the molecule is Cc1cccc(C)c1OC(=O)CN1CC2CCCOC21. The number of fused-ring (bicyclic) bond motifs is 1. The van der Waals surface area contributed by atoms with Crippen molar-refractivity contribution in [2.24, 2.45) is 5.92 Å². The maximum atomic E-state index is 12.1. The smallest absolute Gasteiger partial charge is 0.325 e. The Bertz CT molecular complexity index is 494. The average Bonchev–Trinajstić information content (AvgIpc) is 2.40. The van der Waals surface area contributed by atoms with E-state index in [2.05, 4.69) is 4.90 Å². The molecule has 0 bridgehead atoms. The van der Waals surface area contributed by atoms with E-state index >= 15 is 0 Å². The molecule has 1 aromatic carbocycles. The monoisotopic (exact) mass is 275 g/mol. The number of rotatable bonds is 3. The average molecular weight is 275 g/mol. The van der Waals surface area contributed by atoms with Gasteiger partial charge in [-0.05, 0) is 37.8 Å². The number of aryl methyl sites for hydroxylation is 2. The standard InChI is InChI=1S/C16H21NO3/c1-11-5-3-6-12(2)15(11)20-14(18)10-17-9-13-7-4-8-19-16(13)17/h3,5-6,13,16H,4,7-10H2,1-2H3. The first-order valence-electron chi connectivity index (χ1n) is 7.27. The number of hydrogen-bond acceptors (Lipinski definition) is 4. The van der Waals surface area contributed by atoms with Crippen molar-refractivity contribution in [2.75, 3.05) is 19.7 Å². The zero-order valence-electron chi connectivity index (χ0n) is 12.1. The minimum Gasteiger partial charge on any atom is -0.425 e. The Morgan fingerprint density at radius 1 is 1.40 bits per heavy atom. The van der Waals surface area contributed by atoms with Gasteiger partial charge >= 0.3 is 5.97 Å². The van der Waals surface area contributed by atoms with Crippen LogP contribution in [0.1, 0.15) is 24.0 Å². The van der Waals surface area contributed by atoms with Crippen molar-refractivity contribution < 1.29 is 14.3 Å². The fraction of sp³-hybridized carbons (Fsp3) is 0.562. The number of benzene rings is 1. The molecule has 4 heteroatoms. The van der Waals surface area contributed by atoms with Crippen LogP contribution in [0.25, 0.3) is 0 Å². The molecule has 2 atom stereocenters. The number of likely N-dealkylation sites (tertiary alicyclic amines) is 1. The lowest BCUT2D eigenvalue weighted by Crippen LogP contribution is -2.60. The molecule has 2 fully saturated rings. The van der Waals surface area contributed by atoms with Crippen LogP contribution in [0, 0.1) is 19.8 Å². The molecule has 2 aliphatic rings. The third kappa shape index (κ3) is 2.58. The summed E-state index contributed by atoms with van der Waals surface area (Å²) in [5.74, 6) is 1.10. The molecule has 4 nitrogen and oxygen atoms in total. The molecule has 0 aromatic heterocycles. The van der Waals surface area contributed by atoms with E-state index in [1.54, 1.807) is 0 Å². The van der Waals surface area contributed by atoms with Crippen LogP contribution in [0.2, 0.25) is 0 Å². The molecule has 0 saturated carbocycles. The van der Waals surface area contributed by atoms with Crippen LogP contribution in [0.5, 0.6) is 5.75 Å². The van der Waals surface area contributed by atoms with Gasteiger partial charge in [-0.15, -0.1) is 0 Å². The molecular weight excluding hydrogens is 254 g/mol. The Hall–Kier alpha value is -1.39. The van der Waals surface area contributed by atoms with Gasteiger partial charge in [-0.3, -0.25) is 9.69 Å². The van der Waals surface area contributed by atoms with Crippen molar-refractivity contribution in [1.29, 1.82) is 0 Å². The zero-order chi connectivity index (χ0) is 14.1. The van der Waals surface area contributed by atoms with E-state index in [0.29, 0.717) is 18.2 Å². The van der Waals surface area contributed by atoms with Gasteiger partial charge in [0, 0.05) is 19.1 Å². The van der Waals surface area contributed by atoms with E-state index in [1.165, 1.54) is 6.42 Å². The Morgan fingerprint density at radius 3 is 2.85 bits per heavy atom. The minimum absolute atomic E-state index is 0.134. The quantitative estimate of drug-likeness (QED) is 0.626. The van der Waals surface area contributed by atoms with Crippen LogP contribution in [0.3, 0.4) is 0 Å². The molecule has 2 saturated heterocycles. The van der Waals surface area contributed by atoms with E-state index < -0.39 is 0 Å². The number of carbonyl (C=O) groups excluding carboxylic acids is 1. The highest BCUT2D eigenvalue weighted by Crippen LogP contribution is 2.33. The highest BCUT2D eigenvalue weighted by atomic mass is 16.5. The minimum atomic E-state index is -0.199. The molecular formula is C16H21NO3. The maximum absolute atomic E-state index is 12.1. The first kappa shape index (κ1) is 13.6. The summed E-state index contributed by atoms with van der Waals surface area (Å²) < 4.78 is 11.2. The maximum Gasteiger partial charge on any atom is 0.325 e. The number of ether oxygens (including phenoxy) is 2. The number of esters is 1. The number of para-hydroxylation sites is 1. The second kappa shape index (κ2) is 5.54. The van der Waals surface area contributed by atoms with Crippen LogP contribution < -0.4 is 4.74 Å². The lowest BCUT2D eigenvalue weighted by atomic mass is 9.90. The molecule has 2 aliphatic heterocycles. The van der Waals surface area contributed by atoms with Gasteiger partial charge in [-0.2, -0.15) is 0 Å². The first-order valence-corrected chi connectivity index (χ1v) is 7.27. The second-order valence-electron chi connectivity index (χ2n) is 5.79. The highest BCUT2D eigenvalue weighted by Gasteiger charge is 2.42. The Balaban J connectivity index is 1.58. The molecule has 2 unspecified atom stereocenters. The molecule has 108 valence electrons. The zero-order valence-corrected chi connectivity index (χ0v) is 12.1. The summed E-state index contributed by atoms with van der Waals surface area (Å²) in [6.45, 7) is 5.99. The van der Waals surface area contributed by atoms with Crippen LogP contribution in [-0.2, 0) is 9.53 Å². The van der Waals surface area contributed by atoms with Crippen LogP contribution in [-0.4, -0.2) is 36.8 Å². The molecule has 0 aliphatic carbocycles. The highest BCUT2D eigenvalue weighted by molar-refractivity contribution is 5.75. The van der Waals surface area contributed by atoms with Crippen LogP contribution in [0.4, 0.5) is 0 Å². The lowest BCUT2D eigenvalue weighted by molar-refractivity contribution is -0.196. The Morgan fingerprint density at radius 2 is 2.15 bits per heavy atom. The van der Waals surface area contributed by atoms with E-state index in [-0.39, 0.29) is 12.2 Å². The van der Waals surface area contributed by atoms with Crippen molar-refractivity contribution >= 4 is 5.97 Å². The molecule has 0 amide bonds. The predicted molar refractivity (Wildman–Crippen MR) is 75.6 cm³/mol. The molecule has 2 heterocycles. The van der Waals surface area contributed by atoms with Crippen molar-refractivity contribution in [3.63, 3.8) is 0 Å². The summed E-state index contributed by atoms with van der Waals surface area (Å²) >= 11 is 0. The predicted octanol–water partition coefficient (Wildman–Crippen LogP) is 2.28. The van der Waals surface area contributed by atoms with Crippen molar-refractivity contribution in [3.8, 4) is 5.75 Å². The molecule has 0 spiro atoms. The van der Waals surface area contributed by atoms with E-state index in [4.69, 9.17) is 9.47 Å². The third-order valence-corrected chi connectivity index (χ3v) is 4.20. The molecule has 0 radical (unpaired) electrons. The van der Waals surface area contributed by atoms with Gasteiger partial charge in [0.05, 0.1) is 6.54 Å². The number of hydrogen-bond donors (Lipinski definition) is 0. The van der Waals surface area contributed by atoms with Crippen molar-refractivity contribution in [2.45, 2.75) is 32.9 Å². The molecule has 0 N–H and O–H groups in total. The van der Waals surface area contributed by atoms with Crippen molar-refractivity contribution in [1.82, 2.24) is 4.90 Å². The van der Waals surface area contributed by atoms with E-state index in [0.717, 1.165) is 30.7 Å². The van der Waals surface area contributed by atoms with E-state index in [1.807, 2.05) is 32.0 Å². The summed E-state index contributed by atoms with van der Waals surface area (Å²) in [7, 11) is 0. The van der Waals surface area contributed by atoms with Gasteiger partial charge < -0.3 is 9.47 Å². The number of carbonyl (C=O) groups is 1. The van der Waals surface area contributed by atoms with Gasteiger partial charge in [0.25, 0.3) is 0 Å². The van der Waals surface area contributed by atoms with Gasteiger partial charge in [-0.1, -0.05) is 18.2 Å². The van der Waals surface area contributed by atoms with Gasteiger partial charge in [0.2, 0.25) is 0 Å². The fourth-order valence-electron chi connectivity index (χ4n) is 3.11. The summed E-state index contributed by atoms with van der Waals surface area (Å²) in [5.41, 5.74) is 1.99. The summed E-state index contributed by atoms with van der Waals surface area (Å²) in [5, 5.41) is 0. The number of nitrogens with zero attached hydrogens (tertiary/aromatic N) is 1. The Kier molecular flexibility index (Phi) is 3.76. The van der Waals surface area contributed by atoms with E-state index in [9.17, 15) is 4.79 Å².